The molecular formula is C16H14N2O4. The Balaban J connectivity index is 2.33. The number of anilines is 1. The van der Waals surface area contributed by atoms with Crippen molar-refractivity contribution in [2.75, 3.05) is 11.9 Å². The van der Waals surface area contributed by atoms with Gasteiger partial charge in [-0.1, -0.05) is 18.2 Å². The summed E-state index contributed by atoms with van der Waals surface area (Å²) in [4.78, 5) is 24.0. The monoisotopic (exact) mass is 298 g/mol. The zero-order chi connectivity index (χ0) is 16.1. The number of hydrogen-bond donors (Lipinski definition) is 1. The third-order valence-corrected chi connectivity index (χ3v) is 2.94. The van der Waals surface area contributed by atoms with E-state index in [4.69, 9.17) is 9.15 Å². The maximum atomic E-state index is 12.1. The molecule has 0 atom stereocenters. The predicted octanol–water partition coefficient (Wildman–Crippen LogP) is 2.89. The Morgan fingerprint density at radius 2 is 2.00 bits per heavy atom. The van der Waals surface area contributed by atoms with E-state index in [-0.39, 0.29) is 29.4 Å². The van der Waals surface area contributed by atoms with E-state index in [2.05, 4.69) is 5.32 Å². The minimum atomic E-state index is -0.652. The number of rotatable bonds is 4. The molecule has 1 N–H and O–H groups in total. The summed E-state index contributed by atoms with van der Waals surface area (Å²) in [5.74, 6) is -0.919. The van der Waals surface area contributed by atoms with E-state index in [0.717, 1.165) is 0 Å². The average molecular weight is 298 g/mol. The van der Waals surface area contributed by atoms with E-state index >= 15 is 0 Å². The van der Waals surface area contributed by atoms with Gasteiger partial charge in [0.05, 0.1) is 6.61 Å². The first-order chi connectivity index (χ1) is 10.6. The standard InChI is InChI=1S/C16H14N2O4/c1-3-21-16(20)13-10(2)22-15(12(13)9-17)18-14(19)11-7-5-4-6-8-11/h4-8H,3H2,1-2H3,(H,18,19). The number of carbonyl (C=O) groups excluding carboxylic acids is 2. The molecule has 0 fully saturated rings. The molecule has 6 heteroatoms. The number of nitriles is 1. The molecule has 1 heterocycles. The van der Waals surface area contributed by atoms with E-state index < -0.39 is 11.9 Å². The van der Waals surface area contributed by atoms with Gasteiger partial charge in [-0.25, -0.2) is 4.79 Å². The number of nitrogens with zero attached hydrogens (tertiary/aromatic N) is 1. The Hall–Kier alpha value is -3.07. The molecule has 2 aromatic rings. The van der Waals surface area contributed by atoms with E-state index in [1.165, 1.54) is 6.92 Å². The van der Waals surface area contributed by atoms with Gasteiger partial charge in [-0.2, -0.15) is 5.26 Å². The summed E-state index contributed by atoms with van der Waals surface area (Å²) in [6.45, 7) is 3.38. The van der Waals surface area contributed by atoms with Gasteiger partial charge in [-0.05, 0) is 26.0 Å². The van der Waals surface area contributed by atoms with Gasteiger partial charge in [-0.15, -0.1) is 0 Å². The summed E-state index contributed by atoms with van der Waals surface area (Å²) in [6.07, 6.45) is 0. The second kappa shape index (κ2) is 6.59. The van der Waals surface area contributed by atoms with Crippen LogP contribution >= 0.6 is 0 Å². The van der Waals surface area contributed by atoms with Crippen molar-refractivity contribution < 1.29 is 18.7 Å². The van der Waals surface area contributed by atoms with Crippen LogP contribution in [-0.2, 0) is 4.74 Å². The highest BCUT2D eigenvalue weighted by molar-refractivity contribution is 6.05. The number of esters is 1. The highest BCUT2D eigenvalue weighted by Crippen LogP contribution is 2.27. The second-order valence-corrected chi connectivity index (χ2v) is 4.39. The van der Waals surface area contributed by atoms with Crippen LogP contribution in [0.25, 0.3) is 0 Å². The zero-order valence-electron chi connectivity index (χ0n) is 12.2. The predicted molar refractivity (Wildman–Crippen MR) is 78.5 cm³/mol. The molecule has 0 aliphatic heterocycles. The van der Waals surface area contributed by atoms with Crippen molar-refractivity contribution in [2.45, 2.75) is 13.8 Å². The van der Waals surface area contributed by atoms with Crippen molar-refractivity contribution in [3.8, 4) is 6.07 Å². The highest BCUT2D eigenvalue weighted by Gasteiger charge is 2.25. The fourth-order valence-corrected chi connectivity index (χ4v) is 1.95. The molecule has 1 aromatic heterocycles. The number of benzene rings is 1. The lowest BCUT2D eigenvalue weighted by atomic mass is 10.1. The molecule has 0 spiro atoms. The maximum Gasteiger partial charge on any atom is 0.343 e. The topological polar surface area (TPSA) is 92.3 Å². The number of nitrogens with one attached hydrogen (secondary N) is 1. The minimum Gasteiger partial charge on any atom is -0.462 e. The van der Waals surface area contributed by atoms with Crippen LogP contribution in [0, 0.1) is 18.3 Å². The summed E-state index contributed by atoms with van der Waals surface area (Å²) in [7, 11) is 0. The first kappa shape index (κ1) is 15.3. The summed E-state index contributed by atoms with van der Waals surface area (Å²) in [6, 6.07) is 10.4. The van der Waals surface area contributed by atoms with Gasteiger partial charge < -0.3 is 9.15 Å². The van der Waals surface area contributed by atoms with Gasteiger partial charge in [0, 0.05) is 5.56 Å². The first-order valence-corrected chi connectivity index (χ1v) is 6.65. The third-order valence-electron chi connectivity index (χ3n) is 2.94. The van der Waals surface area contributed by atoms with E-state index in [1.807, 2.05) is 6.07 Å². The van der Waals surface area contributed by atoms with Crippen LogP contribution in [0.1, 0.15) is 39.0 Å². The SMILES string of the molecule is CCOC(=O)c1c(C)oc(NC(=O)c2ccccc2)c1C#N. The zero-order valence-corrected chi connectivity index (χ0v) is 12.2. The van der Waals surface area contributed by atoms with Crippen LogP contribution in [0.2, 0.25) is 0 Å². The molecule has 0 saturated heterocycles. The third kappa shape index (κ3) is 2.99. The summed E-state index contributed by atoms with van der Waals surface area (Å²) in [5.41, 5.74) is 0.408. The van der Waals surface area contributed by atoms with Crippen molar-refractivity contribution in [1.29, 1.82) is 5.26 Å². The van der Waals surface area contributed by atoms with Gasteiger partial charge in [0.25, 0.3) is 5.91 Å². The van der Waals surface area contributed by atoms with E-state index in [1.54, 1.807) is 37.3 Å². The minimum absolute atomic E-state index is 0.0349. The number of amides is 1. The Morgan fingerprint density at radius 1 is 1.32 bits per heavy atom. The summed E-state index contributed by atoms with van der Waals surface area (Å²) >= 11 is 0. The lowest BCUT2D eigenvalue weighted by Gasteiger charge is -2.02. The van der Waals surface area contributed by atoms with E-state index in [0.29, 0.717) is 5.56 Å². The first-order valence-electron chi connectivity index (χ1n) is 6.65. The summed E-state index contributed by atoms with van der Waals surface area (Å²) < 4.78 is 10.2. The molecule has 1 aromatic carbocycles. The normalized spacial score (nSPS) is 9.86. The van der Waals surface area contributed by atoms with Crippen molar-refractivity contribution in [1.82, 2.24) is 0 Å². The number of furan rings is 1. The number of ether oxygens (including phenoxy) is 1. The number of hydrogen-bond acceptors (Lipinski definition) is 5. The Bertz CT molecular complexity index is 741. The van der Waals surface area contributed by atoms with Crippen molar-refractivity contribution in [3.63, 3.8) is 0 Å². The Morgan fingerprint density at radius 3 is 2.59 bits per heavy atom. The molecule has 2 rings (SSSR count). The van der Waals surface area contributed by atoms with Crippen LogP contribution < -0.4 is 5.32 Å². The van der Waals surface area contributed by atoms with Gasteiger partial charge in [0.2, 0.25) is 5.88 Å². The molecule has 0 saturated carbocycles. The molecule has 6 nitrogen and oxygen atoms in total. The molecule has 0 bridgehead atoms. The highest BCUT2D eigenvalue weighted by atomic mass is 16.5. The quantitative estimate of drug-likeness (QED) is 0.876. The van der Waals surface area contributed by atoms with Crippen molar-refractivity contribution >= 4 is 17.8 Å². The van der Waals surface area contributed by atoms with Crippen molar-refractivity contribution in [3.05, 3.63) is 52.8 Å². The van der Waals surface area contributed by atoms with Crippen LogP contribution in [0.15, 0.2) is 34.7 Å². The fraction of sp³-hybridized carbons (Fsp3) is 0.188. The van der Waals surface area contributed by atoms with Gasteiger partial charge in [0.15, 0.2) is 0 Å². The maximum absolute atomic E-state index is 12.1. The molecule has 0 radical (unpaired) electrons. The van der Waals surface area contributed by atoms with E-state index in [9.17, 15) is 14.9 Å². The number of carbonyl (C=O) groups is 2. The van der Waals surface area contributed by atoms with Gasteiger partial charge in [-0.3, -0.25) is 10.1 Å². The average Bonchev–Trinajstić information content (AvgIpc) is 2.83. The molecule has 22 heavy (non-hydrogen) atoms. The number of aryl methyl sites for hydroxylation is 1. The van der Waals surface area contributed by atoms with Crippen molar-refractivity contribution in [2.24, 2.45) is 0 Å². The molecular weight excluding hydrogens is 284 g/mol. The fourth-order valence-electron chi connectivity index (χ4n) is 1.95. The summed E-state index contributed by atoms with van der Waals surface area (Å²) in [5, 5.41) is 11.7. The molecule has 112 valence electrons. The largest absolute Gasteiger partial charge is 0.462 e. The van der Waals surface area contributed by atoms with Gasteiger partial charge in [0.1, 0.15) is 23.0 Å². The smallest absolute Gasteiger partial charge is 0.343 e. The molecule has 0 aliphatic carbocycles. The molecule has 0 aliphatic rings. The lowest BCUT2D eigenvalue weighted by Crippen LogP contribution is -2.12. The Labute approximate surface area is 127 Å². The second-order valence-electron chi connectivity index (χ2n) is 4.39. The lowest BCUT2D eigenvalue weighted by molar-refractivity contribution is 0.0524. The molecule has 0 unspecified atom stereocenters. The van der Waals surface area contributed by atoms with Gasteiger partial charge >= 0.3 is 5.97 Å². The van der Waals surface area contributed by atoms with Crippen LogP contribution in [0.4, 0.5) is 5.88 Å². The van der Waals surface area contributed by atoms with Crippen LogP contribution in [0.3, 0.4) is 0 Å². The van der Waals surface area contributed by atoms with Crippen LogP contribution in [0.5, 0.6) is 0 Å². The Kier molecular flexibility index (Phi) is 4.59. The van der Waals surface area contributed by atoms with Crippen LogP contribution in [-0.4, -0.2) is 18.5 Å². The molecule has 1 amide bonds.